The molecule has 1 heterocycles. The Morgan fingerprint density at radius 1 is 1.28 bits per heavy atom. The van der Waals surface area contributed by atoms with E-state index in [2.05, 4.69) is 10.4 Å². The van der Waals surface area contributed by atoms with Crippen molar-refractivity contribution in [2.75, 3.05) is 24.4 Å². The first kappa shape index (κ1) is 23.0. The van der Waals surface area contributed by atoms with Crippen LogP contribution in [0.3, 0.4) is 0 Å². The van der Waals surface area contributed by atoms with Crippen LogP contribution in [0.2, 0.25) is 5.02 Å². The summed E-state index contributed by atoms with van der Waals surface area (Å²) in [6.45, 7) is 0. The lowest BCUT2D eigenvalue weighted by molar-refractivity contribution is 0.102. The smallest absolute Gasteiger partial charge is 0.261 e. The fourth-order valence-corrected chi connectivity index (χ4v) is 6.11. The summed E-state index contributed by atoms with van der Waals surface area (Å²) in [6, 6.07) is 3.98. The molecule has 0 spiro atoms. The highest BCUT2D eigenvalue weighted by Crippen LogP contribution is 2.52. The van der Waals surface area contributed by atoms with Gasteiger partial charge in [-0.25, -0.2) is 17.1 Å². The lowest BCUT2D eigenvalue weighted by atomic mass is 9.95. The number of carbonyl (C=O) groups is 1. The summed E-state index contributed by atoms with van der Waals surface area (Å²) in [5.74, 6) is 0.102. The molecule has 0 bridgehead atoms. The number of fused-ring (bicyclic) bond motifs is 1. The highest BCUT2D eigenvalue weighted by atomic mass is 35.5. The Labute approximate surface area is 192 Å². The van der Waals surface area contributed by atoms with Gasteiger partial charge in [-0.3, -0.25) is 9.48 Å². The van der Waals surface area contributed by atoms with Crippen LogP contribution >= 0.6 is 11.6 Å². The van der Waals surface area contributed by atoms with Gasteiger partial charge in [-0.2, -0.15) is 5.10 Å². The van der Waals surface area contributed by atoms with Crippen molar-refractivity contribution in [1.82, 2.24) is 14.1 Å². The molecule has 2 aliphatic carbocycles. The minimum absolute atomic E-state index is 0.0146. The van der Waals surface area contributed by atoms with Crippen LogP contribution < -0.4 is 11.1 Å². The number of amides is 1. The van der Waals surface area contributed by atoms with Gasteiger partial charge in [0.1, 0.15) is 17.2 Å². The van der Waals surface area contributed by atoms with E-state index in [4.69, 9.17) is 17.3 Å². The molecule has 174 valence electrons. The standard InChI is InChI=1S/C21H27ClFN5O3S/c1-27-20(24)18(21(29)25-14-4-5-17(23)16(22)10-14)19(26-27)13-6-11-8-15(9-12(11)7-13)28(2)32(3,30)31/h4-5,10-13,15H,6-9,24H2,1-3H3,(H,25,29). The van der Waals surface area contributed by atoms with E-state index in [1.807, 2.05) is 0 Å². The quantitative estimate of drug-likeness (QED) is 0.678. The van der Waals surface area contributed by atoms with Crippen LogP contribution in [0.15, 0.2) is 18.2 Å². The Bertz CT molecular complexity index is 1150. The molecule has 2 fully saturated rings. The first-order valence-electron chi connectivity index (χ1n) is 10.5. The Morgan fingerprint density at radius 3 is 2.47 bits per heavy atom. The first-order valence-corrected chi connectivity index (χ1v) is 12.7. The number of nitrogens with zero attached hydrogens (tertiary/aromatic N) is 3. The van der Waals surface area contributed by atoms with Crippen molar-refractivity contribution in [3.05, 3.63) is 40.3 Å². The summed E-state index contributed by atoms with van der Waals surface area (Å²) < 4.78 is 40.2. The van der Waals surface area contributed by atoms with Crippen LogP contribution in [0.5, 0.6) is 0 Å². The van der Waals surface area contributed by atoms with Crippen LogP contribution in [0.1, 0.15) is 47.7 Å². The van der Waals surface area contributed by atoms with Crippen molar-refractivity contribution in [1.29, 1.82) is 0 Å². The van der Waals surface area contributed by atoms with Crippen molar-refractivity contribution in [2.24, 2.45) is 18.9 Å². The molecule has 11 heteroatoms. The summed E-state index contributed by atoms with van der Waals surface area (Å²) in [4.78, 5) is 13.1. The molecule has 8 nitrogen and oxygen atoms in total. The van der Waals surface area contributed by atoms with E-state index in [9.17, 15) is 17.6 Å². The number of anilines is 2. The van der Waals surface area contributed by atoms with E-state index in [0.29, 0.717) is 28.8 Å². The monoisotopic (exact) mass is 483 g/mol. The van der Waals surface area contributed by atoms with Gasteiger partial charge in [-0.15, -0.1) is 0 Å². The third-order valence-electron chi connectivity index (χ3n) is 6.94. The average molecular weight is 484 g/mol. The molecular formula is C21H27ClFN5O3S. The largest absolute Gasteiger partial charge is 0.383 e. The molecule has 1 amide bonds. The van der Waals surface area contributed by atoms with E-state index in [0.717, 1.165) is 25.7 Å². The summed E-state index contributed by atoms with van der Waals surface area (Å²) >= 11 is 5.82. The van der Waals surface area contributed by atoms with Crippen molar-refractivity contribution in [3.8, 4) is 0 Å². The lowest BCUT2D eigenvalue weighted by Gasteiger charge is -2.23. The number of halogens is 2. The van der Waals surface area contributed by atoms with Gasteiger partial charge in [0, 0.05) is 31.7 Å². The molecule has 32 heavy (non-hydrogen) atoms. The topological polar surface area (TPSA) is 110 Å². The maximum Gasteiger partial charge on any atom is 0.261 e. The molecule has 1 aromatic heterocycles. The minimum atomic E-state index is -3.22. The normalized spacial score (nSPS) is 25.3. The molecule has 2 saturated carbocycles. The first-order chi connectivity index (χ1) is 15.0. The van der Waals surface area contributed by atoms with E-state index in [-0.39, 0.29) is 22.8 Å². The molecule has 3 N–H and O–H groups in total. The summed E-state index contributed by atoms with van der Waals surface area (Å²) in [6.07, 6.45) is 4.51. The molecule has 2 atom stereocenters. The highest BCUT2D eigenvalue weighted by molar-refractivity contribution is 7.88. The van der Waals surface area contributed by atoms with Gasteiger partial charge in [-0.1, -0.05) is 11.6 Å². The maximum absolute atomic E-state index is 13.4. The number of aromatic nitrogens is 2. The molecule has 2 aromatic rings. The van der Waals surface area contributed by atoms with Gasteiger partial charge in [0.2, 0.25) is 10.0 Å². The van der Waals surface area contributed by atoms with Gasteiger partial charge in [0.05, 0.1) is 17.0 Å². The van der Waals surface area contributed by atoms with Crippen LogP contribution in [0.25, 0.3) is 0 Å². The third kappa shape index (κ3) is 4.23. The number of nitrogens with two attached hydrogens (primary N) is 1. The molecular weight excluding hydrogens is 457 g/mol. The van der Waals surface area contributed by atoms with Crippen molar-refractivity contribution in [2.45, 2.75) is 37.6 Å². The zero-order valence-electron chi connectivity index (χ0n) is 18.2. The molecule has 0 saturated heterocycles. The molecule has 2 unspecified atom stereocenters. The molecule has 0 aliphatic heterocycles. The number of carbonyl (C=O) groups excluding carboxylic acids is 1. The van der Waals surface area contributed by atoms with E-state index in [1.165, 1.54) is 33.4 Å². The van der Waals surface area contributed by atoms with Crippen molar-refractivity contribution < 1.29 is 17.6 Å². The highest BCUT2D eigenvalue weighted by Gasteiger charge is 2.46. The van der Waals surface area contributed by atoms with Crippen LogP contribution in [0.4, 0.5) is 15.9 Å². The van der Waals surface area contributed by atoms with Gasteiger partial charge in [-0.05, 0) is 55.7 Å². The predicted molar refractivity (Wildman–Crippen MR) is 122 cm³/mol. The van der Waals surface area contributed by atoms with Crippen LogP contribution in [0, 0.1) is 17.7 Å². The predicted octanol–water partition coefficient (Wildman–Crippen LogP) is 3.21. The zero-order valence-corrected chi connectivity index (χ0v) is 19.8. The fourth-order valence-electron chi connectivity index (χ4n) is 5.22. The average Bonchev–Trinajstić information content (AvgIpc) is 3.35. The zero-order chi connectivity index (χ0) is 23.4. The molecule has 4 rings (SSSR count). The Kier molecular flexibility index (Phi) is 5.98. The number of sulfonamides is 1. The number of hydrogen-bond donors (Lipinski definition) is 2. The fraction of sp³-hybridized carbons (Fsp3) is 0.524. The number of nitrogens with one attached hydrogen (secondary N) is 1. The third-order valence-corrected chi connectivity index (χ3v) is 8.57. The Balaban J connectivity index is 1.52. The van der Waals surface area contributed by atoms with Crippen LogP contribution in [-0.2, 0) is 17.1 Å². The number of rotatable bonds is 5. The second kappa shape index (κ2) is 8.31. The Morgan fingerprint density at radius 2 is 1.91 bits per heavy atom. The van der Waals surface area contributed by atoms with Gasteiger partial charge < -0.3 is 11.1 Å². The maximum atomic E-state index is 13.4. The summed E-state index contributed by atoms with van der Waals surface area (Å²) in [7, 11) is 0.109. The van der Waals surface area contributed by atoms with E-state index in [1.54, 1.807) is 14.1 Å². The number of nitrogen functional groups attached to an aromatic ring is 1. The SMILES string of the molecule is CN(C1CC2CC(c3nn(C)c(N)c3C(=O)Nc3ccc(F)c(Cl)c3)CC2C1)S(C)(=O)=O. The van der Waals surface area contributed by atoms with Crippen molar-refractivity contribution in [3.63, 3.8) is 0 Å². The van der Waals surface area contributed by atoms with Gasteiger partial charge in [0.25, 0.3) is 5.91 Å². The van der Waals surface area contributed by atoms with Gasteiger partial charge >= 0.3 is 0 Å². The summed E-state index contributed by atoms with van der Waals surface area (Å²) in [5.41, 5.74) is 7.52. The van der Waals surface area contributed by atoms with E-state index < -0.39 is 21.7 Å². The lowest BCUT2D eigenvalue weighted by Crippen LogP contribution is -2.35. The number of hydrogen-bond acceptors (Lipinski definition) is 5. The number of benzene rings is 1. The van der Waals surface area contributed by atoms with Gasteiger partial charge in [0.15, 0.2) is 0 Å². The number of aryl methyl sites for hydroxylation is 1. The second-order valence-corrected chi connectivity index (χ2v) is 11.4. The minimum Gasteiger partial charge on any atom is -0.383 e. The Hall–Kier alpha value is -2.17. The van der Waals surface area contributed by atoms with Crippen molar-refractivity contribution >= 4 is 39.0 Å². The molecule has 1 aromatic carbocycles. The summed E-state index contributed by atoms with van der Waals surface area (Å²) in [5, 5.41) is 7.20. The second-order valence-electron chi connectivity index (χ2n) is 8.95. The van der Waals surface area contributed by atoms with Crippen LogP contribution in [-0.4, -0.2) is 47.8 Å². The molecule has 0 radical (unpaired) electrons. The molecule has 2 aliphatic rings. The van der Waals surface area contributed by atoms with E-state index >= 15 is 0 Å².